The van der Waals surface area contributed by atoms with Gasteiger partial charge in [-0.3, -0.25) is 4.79 Å². The van der Waals surface area contributed by atoms with Gasteiger partial charge in [-0.05, 0) is 24.1 Å². The lowest BCUT2D eigenvalue weighted by Gasteiger charge is -2.19. The first-order chi connectivity index (χ1) is 9.85. The summed E-state index contributed by atoms with van der Waals surface area (Å²) >= 11 is 1.05. The molecule has 1 atom stereocenters. The molecule has 1 aromatic rings. The Balaban J connectivity index is 2.56. The van der Waals surface area contributed by atoms with Gasteiger partial charge in [-0.25, -0.2) is 13.6 Å². The van der Waals surface area contributed by atoms with E-state index in [0.717, 1.165) is 23.9 Å². The molecule has 4 nitrogen and oxygen atoms in total. The normalized spacial score (nSPS) is 12.1. The Kier molecular flexibility index (Phi) is 6.61. The summed E-state index contributed by atoms with van der Waals surface area (Å²) in [6, 6.07) is 2.68. The van der Waals surface area contributed by atoms with E-state index >= 15 is 0 Å². The third-order valence-corrected chi connectivity index (χ3v) is 3.69. The lowest BCUT2D eigenvalue weighted by atomic mass is 10.1. The number of benzene rings is 1. The van der Waals surface area contributed by atoms with Gasteiger partial charge in [0.2, 0.25) is 5.91 Å². The number of carbonyl (C=O) groups is 2. The molecule has 0 aromatic heterocycles. The average Bonchev–Trinajstić information content (AvgIpc) is 2.44. The summed E-state index contributed by atoms with van der Waals surface area (Å²) in [5, 5.41) is 2.56. The number of hydrogen-bond acceptors (Lipinski definition) is 4. The first kappa shape index (κ1) is 17.4. The van der Waals surface area contributed by atoms with E-state index < -0.39 is 23.6 Å². The summed E-state index contributed by atoms with van der Waals surface area (Å²) in [7, 11) is 1.25. The largest absolute Gasteiger partial charge is 0.467 e. The quantitative estimate of drug-likeness (QED) is 0.646. The molecule has 0 saturated heterocycles. The fourth-order valence-corrected chi connectivity index (χ4v) is 2.29. The number of ether oxygens (including phenoxy) is 1. The van der Waals surface area contributed by atoms with E-state index in [-0.39, 0.29) is 17.6 Å². The van der Waals surface area contributed by atoms with Crippen LogP contribution in [0.3, 0.4) is 0 Å². The van der Waals surface area contributed by atoms with Crippen LogP contribution in [0.2, 0.25) is 0 Å². The summed E-state index contributed by atoms with van der Waals surface area (Å²) < 4.78 is 30.4. The molecule has 0 aliphatic rings. The molecule has 1 amide bonds. The van der Waals surface area contributed by atoms with Crippen LogP contribution in [0.15, 0.2) is 23.1 Å². The molecule has 0 spiro atoms. The topological polar surface area (TPSA) is 55.4 Å². The Bertz CT molecular complexity index is 523. The number of thioether (sulfide) groups is 1. The van der Waals surface area contributed by atoms with Crippen LogP contribution in [0.5, 0.6) is 0 Å². The number of halogens is 2. The highest BCUT2D eigenvalue weighted by Crippen LogP contribution is 2.20. The fourth-order valence-electron chi connectivity index (χ4n) is 1.56. The van der Waals surface area contributed by atoms with Crippen molar-refractivity contribution in [1.82, 2.24) is 5.32 Å². The highest BCUT2D eigenvalue weighted by Gasteiger charge is 2.24. The van der Waals surface area contributed by atoms with Crippen LogP contribution >= 0.6 is 11.8 Å². The summed E-state index contributed by atoms with van der Waals surface area (Å²) in [4.78, 5) is 23.7. The fraction of sp³-hybridized carbons (Fsp3) is 0.429. The smallest absolute Gasteiger partial charge is 0.328 e. The molecule has 21 heavy (non-hydrogen) atoms. The van der Waals surface area contributed by atoms with Crippen molar-refractivity contribution in [2.75, 3.05) is 12.9 Å². The number of esters is 1. The highest BCUT2D eigenvalue weighted by atomic mass is 32.2. The second-order valence-corrected chi connectivity index (χ2v) is 5.73. The molecule has 1 unspecified atom stereocenters. The summed E-state index contributed by atoms with van der Waals surface area (Å²) in [5.74, 6) is -2.92. The van der Waals surface area contributed by atoms with Gasteiger partial charge < -0.3 is 10.1 Å². The molecule has 0 bridgehead atoms. The molecule has 1 aromatic carbocycles. The SMILES string of the molecule is COC(=O)C(NC(=O)CSc1ccc(F)c(F)c1)C(C)C. The third kappa shape index (κ3) is 5.34. The van der Waals surface area contributed by atoms with E-state index in [1.165, 1.54) is 13.2 Å². The molecule has 7 heteroatoms. The molecular weight excluding hydrogens is 300 g/mol. The lowest BCUT2D eigenvalue weighted by Crippen LogP contribution is -2.45. The Morgan fingerprint density at radius 2 is 1.95 bits per heavy atom. The Labute approximate surface area is 126 Å². The van der Waals surface area contributed by atoms with Crippen LogP contribution in [0.4, 0.5) is 8.78 Å². The first-order valence-corrected chi connectivity index (χ1v) is 7.28. The minimum atomic E-state index is -0.963. The summed E-state index contributed by atoms with van der Waals surface area (Å²) in [6.07, 6.45) is 0. The maximum Gasteiger partial charge on any atom is 0.328 e. The first-order valence-electron chi connectivity index (χ1n) is 6.30. The number of amides is 1. The molecule has 116 valence electrons. The monoisotopic (exact) mass is 317 g/mol. The predicted octanol–water partition coefficient (Wildman–Crippen LogP) is 2.37. The number of methoxy groups -OCH3 is 1. The predicted molar refractivity (Wildman–Crippen MR) is 75.9 cm³/mol. The van der Waals surface area contributed by atoms with Crippen LogP contribution < -0.4 is 5.32 Å². The van der Waals surface area contributed by atoms with E-state index in [1.807, 2.05) is 0 Å². The number of rotatable bonds is 6. The van der Waals surface area contributed by atoms with E-state index in [2.05, 4.69) is 10.1 Å². The van der Waals surface area contributed by atoms with Gasteiger partial charge in [-0.2, -0.15) is 0 Å². The zero-order valence-corrected chi connectivity index (χ0v) is 12.8. The van der Waals surface area contributed by atoms with Crippen molar-refractivity contribution in [2.24, 2.45) is 5.92 Å². The van der Waals surface area contributed by atoms with E-state index in [1.54, 1.807) is 13.8 Å². The van der Waals surface area contributed by atoms with Crippen molar-refractivity contribution in [2.45, 2.75) is 24.8 Å². The molecule has 0 radical (unpaired) electrons. The van der Waals surface area contributed by atoms with Gasteiger partial charge in [-0.1, -0.05) is 13.8 Å². The van der Waals surface area contributed by atoms with Crippen molar-refractivity contribution < 1.29 is 23.1 Å². The number of nitrogens with one attached hydrogen (secondary N) is 1. The van der Waals surface area contributed by atoms with Gasteiger partial charge in [0.1, 0.15) is 6.04 Å². The van der Waals surface area contributed by atoms with Crippen molar-refractivity contribution >= 4 is 23.6 Å². The summed E-state index contributed by atoms with van der Waals surface area (Å²) in [5.41, 5.74) is 0. The molecule has 0 saturated carbocycles. The molecule has 1 rings (SSSR count). The average molecular weight is 317 g/mol. The van der Waals surface area contributed by atoms with Crippen LogP contribution in [0.1, 0.15) is 13.8 Å². The molecular formula is C14H17F2NO3S. The minimum absolute atomic E-state index is 0.00864. The standard InChI is InChI=1S/C14H17F2NO3S/c1-8(2)13(14(19)20-3)17-12(18)7-21-9-4-5-10(15)11(16)6-9/h4-6,8,13H,7H2,1-3H3,(H,17,18). The van der Waals surface area contributed by atoms with Gasteiger partial charge in [0.05, 0.1) is 12.9 Å². The number of hydrogen-bond donors (Lipinski definition) is 1. The van der Waals surface area contributed by atoms with Gasteiger partial charge in [0.25, 0.3) is 0 Å². The van der Waals surface area contributed by atoms with Crippen LogP contribution in [-0.4, -0.2) is 30.8 Å². The van der Waals surface area contributed by atoms with Crippen LogP contribution in [-0.2, 0) is 14.3 Å². The Morgan fingerprint density at radius 1 is 1.29 bits per heavy atom. The zero-order chi connectivity index (χ0) is 16.0. The molecule has 0 aliphatic carbocycles. The van der Waals surface area contributed by atoms with Crippen LogP contribution in [0, 0.1) is 17.6 Å². The van der Waals surface area contributed by atoms with Gasteiger partial charge >= 0.3 is 5.97 Å². The second kappa shape index (κ2) is 7.97. The minimum Gasteiger partial charge on any atom is -0.467 e. The van der Waals surface area contributed by atoms with Gasteiger partial charge in [0.15, 0.2) is 11.6 Å². The molecule has 1 N–H and O–H groups in total. The molecule has 0 heterocycles. The van der Waals surface area contributed by atoms with Gasteiger partial charge in [-0.15, -0.1) is 11.8 Å². The maximum absolute atomic E-state index is 13.0. The molecule has 0 fully saturated rings. The van der Waals surface area contributed by atoms with E-state index in [0.29, 0.717) is 4.90 Å². The van der Waals surface area contributed by atoms with Crippen molar-refractivity contribution in [3.05, 3.63) is 29.8 Å². The Morgan fingerprint density at radius 3 is 2.48 bits per heavy atom. The summed E-state index contributed by atoms with van der Waals surface area (Å²) in [6.45, 7) is 3.56. The third-order valence-electron chi connectivity index (χ3n) is 2.70. The van der Waals surface area contributed by atoms with E-state index in [9.17, 15) is 18.4 Å². The second-order valence-electron chi connectivity index (χ2n) is 4.68. The maximum atomic E-state index is 13.0. The van der Waals surface area contributed by atoms with Crippen molar-refractivity contribution in [1.29, 1.82) is 0 Å². The zero-order valence-electron chi connectivity index (χ0n) is 12.0. The van der Waals surface area contributed by atoms with Crippen molar-refractivity contribution in [3.63, 3.8) is 0 Å². The van der Waals surface area contributed by atoms with Crippen LogP contribution in [0.25, 0.3) is 0 Å². The molecule has 0 aliphatic heterocycles. The Hall–Kier alpha value is -1.63. The van der Waals surface area contributed by atoms with Gasteiger partial charge in [0, 0.05) is 4.90 Å². The van der Waals surface area contributed by atoms with Crippen molar-refractivity contribution in [3.8, 4) is 0 Å². The number of carbonyl (C=O) groups excluding carboxylic acids is 2. The lowest BCUT2D eigenvalue weighted by molar-refractivity contribution is -0.146. The van der Waals surface area contributed by atoms with E-state index in [4.69, 9.17) is 0 Å². The highest BCUT2D eigenvalue weighted by molar-refractivity contribution is 8.00.